The molecule has 0 bridgehead atoms. The summed E-state index contributed by atoms with van der Waals surface area (Å²) < 4.78 is 0. The van der Waals surface area contributed by atoms with Crippen LogP contribution in [-0.4, -0.2) is 4.98 Å². The molecule has 0 atom stereocenters. The van der Waals surface area contributed by atoms with Gasteiger partial charge in [-0.3, -0.25) is 0 Å². The third-order valence-corrected chi connectivity index (χ3v) is 4.82. The van der Waals surface area contributed by atoms with Crippen LogP contribution < -0.4 is 0 Å². The average Bonchev–Trinajstić information content (AvgIpc) is 3.07. The van der Waals surface area contributed by atoms with Gasteiger partial charge in [0.1, 0.15) is 5.01 Å². The third-order valence-electron chi connectivity index (χ3n) is 3.71. The van der Waals surface area contributed by atoms with Crippen molar-refractivity contribution in [1.29, 1.82) is 0 Å². The maximum Gasteiger partial charge on any atom is 0.116 e. The van der Waals surface area contributed by atoms with Crippen molar-refractivity contribution in [3.63, 3.8) is 0 Å². The molecule has 1 fully saturated rings. The SMILES string of the molecule is C=Cc1nc(C2CCCC2)c(C(/C=C\C(=C)C)=C/C)s1. The number of nitrogens with zero attached hydrogens (tertiary/aromatic N) is 1. The lowest BCUT2D eigenvalue weighted by molar-refractivity contribution is 0.701. The highest BCUT2D eigenvalue weighted by atomic mass is 32.1. The normalized spacial score (nSPS) is 17.0. The zero-order chi connectivity index (χ0) is 14.5. The summed E-state index contributed by atoms with van der Waals surface area (Å²) >= 11 is 1.75. The number of thiazole rings is 1. The van der Waals surface area contributed by atoms with Crippen LogP contribution >= 0.6 is 11.3 Å². The van der Waals surface area contributed by atoms with Gasteiger partial charge >= 0.3 is 0 Å². The predicted molar refractivity (Wildman–Crippen MR) is 91.0 cm³/mol. The Bertz CT molecular complexity index is 554. The molecule has 20 heavy (non-hydrogen) atoms. The molecule has 1 nitrogen and oxygen atoms in total. The highest BCUT2D eigenvalue weighted by molar-refractivity contribution is 7.13. The van der Waals surface area contributed by atoms with Crippen LogP contribution in [0.3, 0.4) is 0 Å². The summed E-state index contributed by atoms with van der Waals surface area (Å²) in [5, 5.41) is 1.03. The number of rotatable bonds is 5. The molecule has 0 aliphatic heterocycles. The summed E-state index contributed by atoms with van der Waals surface area (Å²) in [4.78, 5) is 6.12. The van der Waals surface area contributed by atoms with Crippen molar-refractivity contribution in [2.45, 2.75) is 45.4 Å². The van der Waals surface area contributed by atoms with E-state index in [4.69, 9.17) is 4.98 Å². The molecule has 1 aromatic heterocycles. The molecule has 2 rings (SSSR count). The Morgan fingerprint density at radius 2 is 2.00 bits per heavy atom. The molecule has 1 aromatic rings. The van der Waals surface area contributed by atoms with Gasteiger partial charge in [0.25, 0.3) is 0 Å². The van der Waals surface area contributed by atoms with Crippen LogP contribution in [0.15, 0.2) is 37.0 Å². The number of aromatic nitrogens is 1. The van der Waals surface area contributed by atoms with Crippen molar-refractivity contribution in [2.75, 3.05) is 0 Å². The van der Waals surface area contributed by atoms with E-state index in [0.717, 1.165) is 10.6 Å². The Labute approximate surface area is 126 Å². The van der Waals surface area contributed by atoms with E-state index in [1.807, 2.05) is 13.0 Å². The Morgan fingerprint density at radius 1 is 1.30 bits per heavy atom. The quantitative estimate of drug-likeness (QED) is 0.606. The summed E-state index contributed by atoms with van der Waals surface area (Å²) in [7, 11) is 0. The molecule has 2 heteroatoms. The number of allylic oxidation sites excluding steroid dienone is 5. The van der Waals surface area contributed by atoms with Crippen LogP contribution in [0, 0.1) is 0 Å². The van der Waals surface area contributed by atoms with E-state index in [0.29, 0.717) is 5.92 Å². The van der Waals surface area contributed by atoms with Gasteiger partial charge in [-0.15, -0.1) is 11.3 Å². The monoisotopic (exact) mass is 285 g/mol. The van der Waals surface area contributed by atoms with Crippen molar-refractivity contribution in [3.05, 3.63) is 52.5 Å². The predicted octanol–water partition coefficient (Wildman–Crippen LogP) is 5.98. The molecule has 0 radical (unpaired) electrons. The van der Waals surface area contributed by atoms with E-state index >= 15 is 0 Å². The zero-order valence-electron chi connectivity index (χ0n) is 12.5. The molecule has 0 spiro atoms. The standard InChI is InChI=1S/C18H23NS/c1-5-14(12-11-13(3)4)18-17(15-9-7-8-10-15)19-16(6-2)20-18/h5-6,11-12,15H,2-3,7-10H2,1,4H3/b12-11-,14-5+. The lowest BCUT2D eigenvalue weighted by Gasteiger charge is -2.09. The minimum atomic E-state index is 0.628. The molecule has 0 aromatic carbocycles. The van der Waals surface area contributed by atoms with Gasteiger partial charge in [0.05, 0.1) is 10.6 Å². The summed E-state index contributed by atoms with van der Waals surface area (Å²) in [6, 6.07) is 0. The van der Waals surface area contributed by atoms with Crippen molar-refractivity contribution in [1.82, 2.24) is 4.98 Å². The lowest BCUT2D eigenvalue weighted by atomic mass is 9.99. The van der Waals surface area contributed by atoms with E-state index in [1.54, 1.807) is 11.3 Å². The Hall–Kier alpha value is -1.41. The number of hydrogen-bond acceptors (Lipinski definition) is 2. The average molecular weight is 285 g/mol. The Morgan fingerprint density at radius 3 is 2.55 bits per heavy atom. The van der Waals surface area contributed by atoms with Gasteiger partial charge in [0.2, 0.25) is 0 Å². The smallest absolute Gasteiger partial charge is 0.116 e. The van der Waals surface area contributed by atoms with Crippen LogP contribution in [0.25, 0.3) is 11.6 Å². The second-order valence-corrected chi connectivity index (χ2v) is 6.41. The van der Waals surface area contributed by atoms with E-state index in [-0.39, 0.29) is 0 Å². The molecule has 1 aliphatic carbocycles. The van der Waals surface area contributed by atoms with Crippen LogP contribution in [0.5, 0.6) is 0 Å². The molecule has 0 N–H and O–H groups in total. The molecule has 1 heterocycles. The highest BCUT2D eigenvalue weighted by Gasteiger charge is 2.24. The van der Waals surface area contributed by atoms with Gasteiger partial charge in [-0.25, -0.2) is 4.98 Å². The molecular formula is C18H23NS. The maximum absolute atomic E-state index is 4.81. The first kappa shape index (κ1) is 15.0. The molecule has 1 aliphatic rings. The Balaban J connectivity index is 2.40. The van der Waals surface area contributed by atoms with Crippen molar-refractivity contribution >= 4 is 23.0 Å². The Kier molecular flexibility index (Phi) is 5.13. The summed E-state index contributed by atoms with van der Waals surface area (Å²) in [5.41, 5.74) is 3.60. The molecule has 0 amide bonds. The minimum Gasteiger partial charge on any atom is -0.241 e. The van der Waals surface area contributed by atoms with Crippen LogP contribution in [0.1, 0.15) is 61.0 Å². The van der Waals surface area contributed by atoms with Crippen molar-refractivity contribution in [3.8, 4) is 0 Å². The van der Waals surface area contributed by atoms with Gasteiger partial charge < -0.3 is 0 Å². The first-order valence-corrected chi connectivity index (χ1v) is 8.10. The van der Waals surface area contributed by atoms with E-state index < -0.39 is 0 Å². The van der Waals surface area contributed by atoms with Crippen molar-refractivity contribution in [2.24, 2.45) is 0 Å². The van der Waals surface area contributed by atoms with Crippen LogP contribution in [-0.2, 0) is 0 Å². The van der Waals surface area contributed by atoms with E-state index in [2.05, 4.69) is 38.3 Å². The molecule has 106 valence electrons. The van der Waals surface area contributed by atoms with Gasteiger partial charge in [-0.05, 0) is 38.3 Å². The molecule has 0 saturated heterocycles. The fraction of sp³-hybridized carbons (Fsp3) is 0.389. The maximum atomic E-state index is 4.81. The topological polar surface area (TPSA) is 12.9 Å². The second kappa shape index (κ2) is 6.85. The molecule has 0 unspecified atom stereocenters. The third kappa shape index (κ3) is 3.37. The molecule has 1 saturated carbocycles. The lowest BCUT2D eigenvalue weighted by Crippen LogP contribution is -1.96. The largest absolute Gasteiger partial charge is 0.241 e. The summed E-state index contributed by atoms with van der Waals surface area (Å²) in [5.74, 6) is 0.628. The van der Waals surface area contributed by atoms with Crippen molar-refractivity contribution < 1.29 is 0 Å². The minimum absolute atomic E-state index is 0.628. The first-order chi connectivity index (χ1) is 9.65. The zero-order valence-corrected chi connectivity index (χ0v) is 13.3. The highest BCUT2D eigenvalue weighted by Crippen LogP contribution is 2.40. The van der Waals surface area contributed by atoms with Gasteiger partial charge in [-0.1, -0.05) is 49.8 Å². The second-order valence-electron chi connectivity index (χ2n) is 5.38. The summed E-state index contributed by atoms with van der Waals surface area (Å²) in [6.07, 6.45) is 13.5. The van der Waals surface area contributed by atoms with Crippen LogP contribution in [0.4, 0.5) is 0 Å². The summed E-state index contributed by atoms with van der Waals surface area (Å²) in [6.45, 7) is 11.9. The van der Waals surface area contributed by atoms with E-state index in [9.17, 15) is 0 Å². The van der Waals surface area contributed by atoms with Gasteiger partial charge in [-0.2, -0.15) is 0 Å². The van der Waals surface area contributed by atoms with Gasteiger partial charge in [0, 0.05) is 5.92 Å². The fourth-order valence-electron chi connectivity index (χ4n) is 2.65. The first-order valence-electron chi connectivity index (χ1n) is 7.29. The van der Waals surface area contributed by atoms with Crippen LogP contribution in [0.2, 0.25) is 0 Å². The van der Waals surface area contributed by atoms with Gasteiger partial charge in [0.15, 0.2) is 0 Å². The molecular weight excluding hydrogens is 262 g/mol. The number of hydrogen-bond donors (Lipinski definition) is 0. The fourth-order valence-corrected chi connectivity index (χ4v) is 3.71. The van der Waals surface area contributed by atoms with E-state index in [1.165, 1.54) is 41.8 Å².